The Kier molecular flexibility index (Phi) is 6.96. The Morgan fingerprint density at radius 3 is 2.20 bits per heavy atom. The number of fused-ring (bicyclic) bond motifs is 1. The van der Waals surface area contributed by atoms with E-state index in [1.54, 1.807) is 25.2 Å². The third kappa shape index (κ3) is 4.73. The lowest BCUT2D eigenvalue weighted by Gasteiger charge is -2.37. The second-order valence-electron chi connectivity index (χ2n) is 10.3. The standard InChI is InChI=1S/C28H27Cl2N7O4/c1-32-24-23(26(40)33(2)28(32)41)36(16-17-6-4-3-5-7-17)27(31-24)35-10-8-34(9-11-35)21-15-22(38)37(25(21)39)20-13-18(29)12-19(30)14-20/h3-7,12-14,21H,8-11,15-16H2,1-2H3. The topological polar surface area (TPSA) is 106 Å². The Balaban J connectivity index is 1.28. The van der Waals surface area contributed by atoms with Crippen molar-refractivity contribution in [2.24, 2.45) is 14.1 Å². The van der Waals surface area contributed by atoms with E-state index < -0.39 is 17.3 Å². The number of nitrogens with zero attached hydrogens (tertiary/aromatic N) is 7. The number of benzene rings is 2. The first-order valence-electron chi connectivity index (χ1n) is 13.2. The fraction of sp³-hybridized carbons (Fsp3) is 0.321. The minimum absolute atomic E-state index is 0.0631. The average Bonchev–Trinajstić information content (AvgIpc) is 3.47. The number of hydrogen-bond donors (Lipinski definition) is 0. The highest BCUT2D eigenvalue weighted by atomic mass is 35.5. The molecular weight excluding hydrogens is 569 g/mol. The third-order valence-corrected chi connectivity index (χ3v) is 8.21. The van der Waals surface area contributed by atoms with Crippen LogP contribution in [0.3, 0.4) is 0 Å². The summed E-state index contributed by atoms with van der Waals surface area (Å²) in [4.78, 5) is 62.2. The van der Waals surface area contributed by atoms with Gasteiger partial charge in [0.05, 0.1) is 24.7 Å². The van der Waals surface area contributed by atoms with E-state index in [0.717, 1.165) is 15.0 Å². The predicted molar refractivity (Wildman–Crippen MR) is 157 cm³/mol. The normalized spacial score (nSPS) is 18.2. The van der Waals surface area contributed by atoms with Gasteiger partial charge in [-0.15, -0.1) is 0 Å². The molecule has 2 aromatic heterocycles. The molecule has 0 radical (unpaired) electrons. The molecule has 4 aromatic rings. The summed E-state index contributed by atoms with van der Waals surface area (Å²) >= 11 is 12.2. The molecule has 0 saturated carbocycles. The molecular formula is C28H27Cl2N7O4. The van der Waals surface area contributed by atoms with Gasteiger partial charge in [0.2, 0.25) is 11.9 Å². The molecule has 4 heterocycles. The second-order valence-corrected chi connectivity index (χ2v) is 11.2. The van der Waals surface area contributed by atoms with Gasteiger partial charge in [0.1, 0.15) is 0 Å². The summed E-state index contributed by atoms with van der Waals surface area (Å²) < 4.78 is 4.34. The van der Waals surface area contributed by atoms with Crippen LogP contribution in [-0.2, 0) is 30.2 Å². The van der Waals surface area contributed by atoms with Crippen molar-refractivity contribution in [1.29, 1.82) is 0 Å². The summed E-state index contributed by atoms with van der Waals surface area (Å²) in [5, 5.41) is 0.687. The van der Waals surface area contributed by atoms with Gasteiger partial charge in [0.25, 0.3) is 11.5 Å². The molecule has 0 bridgehead atoms. The van der Waals surface area contributed by atoms with Crippen molar-refractivity contribution in [1.82, 2.24) is 23.6 Å². The molecule has 41 heavy (non-hydrogen) atoms. The van der Waals surface area contributed by atoms with Gasteiger partial charge in [-0.25, -0.2) is 9.69 Å². The monoisotopic (exact) mass is 595 g/mol. The number of carbonyl (C=O) groups is 2. The Labute approximate surface area is 244 Å². The van der Waals surface area contributed by atoms with Crippen molar-refractivity contribution in [2.45, 2.75) is 19.0 Å². The van der Waals surface area contributed by atoms with E-state index in [2.05, 4.69) is 4.90 Å². The number of aryl methyl sites for hydroxylation is 1. The molecule has 1 atom stereocenters. The fourth-order valence-corrected chi connectivity index (χ4v) is 6.18. The van der Waals surface area contributed by atoms with Crippen molar-refractivity contribution < 1.29 is 9.59 Å². The molecule has 2 amide bonds. The maximum atomic E-state index is 13.4. The molecule has 0 spiro atoms. The fourth-order valence-electron chi connectivity index (χ4n) is 5.67. The van der Waals surface area contributed by atoms with Crippen molar-refractivity contribution in [3.05, 3.63) is 85.0 Å². The predicted octanol–water partition coefficient (Wildman–Crippen LogP) is 2.24. The first-order valence-corrected chi connectivity index (χ1v) is 13.9. The van der Waals surface area contributed by atoms with E-state index in [0.29, 0.717) is 65.6 Å². The summed E-state index contributed by atoms with van der Waals surface area (Å²) in [6.07, 6.45) is 0.0631. The van der Waals surface area contributed by atoms with Gasteiger partial charge < -0.3 is 4.90 Å². The van der Waals surface area contributed by atoms with E-state index in [1.165, 1.54) is 11.6 Å². The number of anilines is 2. The van der Waals surface area contributed by atoms with Crippen molar-refractivity contribution in [2.75, 3.05) is 36.0 Å². The molecule has 1 unspecified atom stereocenters. The van der Waals surface area contributed by atoms with Gasteiger partial charge in [0.15, 0.2) is 11.2 Å². The van der Waals surface area contributed by atoms with Crippen LogP contribution in [0.15, 0.2) is 58.1 Å². The number of piperazine rings is 1. The van der Waals surface area contributed by atoms with Gasteiger partial charge in [-0.2, -0.15) is 4.98 Å². The minimum atomic E-state index is -0.598. The minimum Gasteiger partial charge on any atom is -0.340 e. The lowest BCUT2D eigenvalue weighted by molar-refractivity contribution is -0.123. The largest absolute Gasteiger partial charge is 0.340 e. The van der Waals surface area contributed by atoms with Crippen LogP contribution in [0.5, 0.6) is 0 Å². The van der Waals surface area contributed by atoms with Crippen LogP contribution in [0, 0.1) is 0 Å². The van der Waals surface area contributed by atoms with E-state index >= 15 is 0 Å². The molecule has 2 saturated heterocycles. The smallest absolute Gasteiger partial charge is 0.332 e. The Hall–Kier alpha value is -3.93. The van der Waals surface area contributed by atoms with Crippen LogP contribution in [0.1, 0.15) is 12.0 Å². The second kappa shape index (κ2) is 10.5. The summed E-state index contributed by atoms with van der Waals surface area (Å²) in [5.74, 6) is -0.0374. The molecule has 13 heteroatoms. The summed E-state index contributed by atoms with van der Waals surface area (Å²) in [6.45, 7) is 2.41. The number of imide groups is 1. The van der Waals surface area contributed by atoms with Crippen molar-refractivity contribution in [3.63, 3.8) is 0 Å². The third-order valence-electron chi connectivity index (χ3n) is 7.78. The average molecular weight is 596 g/mol. The Morgan fingerprint density at radius 2 is 1.54 bits per heavy atom. The van der Waals surface area contributed by atoms with Gasteiger partial charge in [-0.3, -0.25) is 33.0 Å². The zero-order valence-corrected chi connectivity index (χ0v) is 24.0. The molecule has 0 N–H and O–H groups in total. The molecule has 212 valence electrons. The van der Waals surface area contributed by atoms with E-state index in [4.69, 9.17) is 28.2 Å². The summed E-state index contributed by atoms with van der Waals surface area (Å²) in [6, 6.07) is 13.8. The quantitative estimate of drug-likeness (QED) is 0.326. The number of carbonyl (C=O) groups excluding carboxylic acids is 2. The highest BCUT2D eigenvalue weighted by Gasteiger charge is 2.43. The van der Waals surface area contributed by atoms with Gasteiger partial charge in [-0.1, -0.05) is 53.5 Å². The molecule has 0 aliphatic carbocycles. The highest BCUT2D eigenvalue weighted by molar-refractivity contribution is 6.35. The summed E-state index contributed by atoms with van der Waals surface area (Å²) in [7, 11) is 3.07. The maximum absolute atomic E-state index is 13.4. The zero-order valence-electron chi connectivity index (χ0n) is 22.5. The number of amides is 2. The Bertz CT molecular complexity index is 1790. The van der Waals surface area contributed by atoms with E-state index in [1.807, 2.05) is 39.8 Å². The molecule has 11 nitrogen and oxygen atoms in total. The van der Waals surface area contributed by atoms with Crippen molar-refractivity contribution >= 4 is 57.8 Å². The van der Waals surface area contributed by atoms with E-state index in [-0.39, 0.29) is 18.2 Å². The van der Waals surface area contributed by atoms with Crippen LogP contribution in [0.25, 0.3) is 11.2 Å². The highest BCUT2D eigenvalue weighted by Crippen LogP contribution is 2.31. The molecule has 2 aliphatic rings. The zero-order chi connectivity index (χ0) is 29.0. The lowest BCUT2D eigenvalue weighted by Crippen LogP contribution is -2.53. The first-order chi connectivity index (χ1) is 19.6. The van der Waals surface area contributed by atoms with Crippen LogP contribution in [0.2, 0.25) is 10.0 Å². The number of imidazole rings is 1. The molecule has 2 aliphatic heterocycles. The van der Waals surface area contributed by atoms with Crippen LogP contribution in [0.4, 0.5) is 11.6 Å². The maximum Gasteiger partial charge on any atom is 0.332 e. The van der Waals surface area contributed by atoms with Gasteiger partial charge >= 0.3 is 5.69 Å². The van der Waals surface area contributed by atoms with Crippen molar-refractivity contribution in [3.8, 4) is 0 Å². The SMILES string of the molecule is Cn1c(=O)c2c(nc(N3CCN(C4CC(=O)N(c5cc(Cl)cc(Cl)c5)C4=O)CC3)n2Cc2ccccc2)n(C)c1=O. The molecule has 2 aromatic carbocycles. The Morgan fingerprint density at radius 1 is 0.878 bits per heavy atom. The first kappa shape index (κ1) is 27.3. The number of halogens is 2. The van der Waals surface area contributed by atoms with Crippen LogP contribution >= 0.6 is 23.2 Å². The molecule has 2 fully saturated rings. The van der Waals surface area contributed by atoms with Gasteiger partial charge in [0, 0.05) is 50.3 Å². The lowest BCUT2D eigenvalue weighted by atomic mass is 10.1. The number of hydrogen-bond acceptors (Lipinski definition) is 7. The van der Waals surface area contributed by atoms with Gasteiger partial charge in [-0.05, 0) is 23.8 Å². The number of aromatic nitrogens is 4. The van der Waals surface area contributed by atoms with Crippen LogP contribution in [-0.4, -0.2) is 67.6 Å². The molecule has 6 rings (SSSR count). The summed E-state index contributed by atoms with van der Waals surface area (Å²) in [5.41, 5.74) is 1.16. The van der Waals surface area contributed by atoms with E-state index in [9.17, 15) is 19.2 Å². The van der Waals surface area contributed by atoms with Crippen LogP contribution < -0.4 is 21.0 Å². The number of rotatable bonds is 5.